The second kappa shape index (κ2) is 6.70. The van der Waals surface area contributed by atoms with E-state index in [0.717, 1.165) is 18.5 Å². The van der Waals surface area contributed by atoms with Crippen molar-refractivity contribution in [3.05, 3.63) is 64.2 Å². The van der Waals surface area contributed by atoms with Crippen LogP contribution in [0.3, 0.4) is 0 Å². The van der Waals surface area contributed by atoms with Crippen molar-refractivity contribution in [3.63, 3.8) is 0 Å². The van der Waals surface area contributed by atoms with Crippen molar-refractivity contribution in [2.45, 2.75) is 25.8 Å². The molecule has 0 spiro atoms. The minimum atomic E-state index is -0.474. The number of nitro benzene ring substituents is 1. The molecule has 2 aromatic carbocycles. The van der Waals surface area contributed by atoms with Crippen LogP contribution < -0.4 is 10.2 Å². The number of carbonyl (C=O) groups is 1. The van der Waals surface area contributed by atoms with Crippen LogP contribution >= 0.6 is 0 Å². The van der Waals surface area contributed by atoms with Crippen molar-refractivity contribution in [3.8, 4) is 0 Å². The second-order valence-electron chi connectivity index (χ2n) is 6.00. The lowest BCUT2D eigenvalue weighted by atomic mass is 9.96. The van der Waals surface area contributed by atoms with Crippen molar-refractivity contribution < 1.29 is 9.72 Å². The Morgan fingerprint density at radius 2 is 2.08 bits per heavy atom. The van der Waals surface area contributed by atoms with Gasteiger partial charge in [-0.1, -0.05) is 24.3 Å². The van der Waals surface area contributed by atoms with Gasteiger partial charge in [-0.25, -0.2) is 0 Å². The molecule has 24 heavy (non-hydrogen) atoms. The largest absolute Gasteiger partial charge is 0.359 e. The number of anilines is 2. The Kier molecular flexibility index (Phi) is 4.46. The van der Waals surface area contributed by atoms with E-state index in [2.05, 4.69) is 23.2 Å². The number of nitro groups is 1. The van der Waals surface area contributed by atoms with Gasteiger partial charge in [0.25, 0.3) is 5.69 Å². The van der Waals surface area contributed by atoms with Crippen molar-refractivity contribution in [2.75, 3.05) is 16.8 Å². The first-order valence-corrected chi connectivity index (χ1v) is 7.93. The second-order valence-corrected chi connectivity index (χ2v) is 6.00. The summed E-state index contributed by atoms with van der Waals surface area (Å²) in [7, 11) is 0. The van der Waals surface area contributed by atoms with E-state index in [9.17, 15) is 14.9 Å². The highest BCUT2D eigenvalue weighted by molar-refractivity contribution is 5.94. The van der Waals surface area contributed by atoms with E-state index in [4.69, 9.17) is 0 Å². The van der Waals surface area contributed by atoms with E-state index in [1.807, 2.05) is 18.2 Å². The summed E-state index contributed by atoms with van der Waals surface area (Å²) in [4.78, 5) is 24.8. The maximum Gasteiger partial charge on any atom is 0.271 e. The molecule has 1 aliphatic rings. The lowest BCUT2D eigenvalue weighted by Crippen LogP contribution is -2.42. The summed E-state index contributed by atoms with van der Waals surface area (Å²) < 4.78 is 0. The quantitative estimate of drug-likeness (QED) is 0.691. The molecule has 0 radical (unpaired) electrons. The van der Waals surface area contributed by atoms with E-state index < -0.39 is 4.92 Å². The maximum atomic E-state index is 12.4. The van der Waals surface area contributed by atoms with Crippen molar-refractivity contribution in [1.82, 2.24) is 0 Å². The molecule has 0 fully saturated rings. The molecule has 0 aliphatic carbocycles. The van der Waals surface area contributed by atoms with Crippen molar-refractivity contribution in [1.29, 1.82) is 0 Å². The Morgan fingerprint density at radius 3 is 2.88 bits per heavy atom. The number of carbonyl (C=O) groups excluding carboxylic acids is 1. The van der Waals surface area contributed by atoms with Gasteiger partial charge < -0.3 is 10.2 Å². The minimum Gasteiger partial charge on any atom is -0.359 e. The van der Waals surface area contributed by atoms with Gasteiger partial charge in [-0.3, -0.25) is 14.9 Å². The zero-order valence-corrected chi connectivity index (χ0v) is 13.4. The Morgan fingerprint density at radius 1 is 1.29 bits per heavy atom. The van der Waals surface area contributed by atoms with Crippen LogP contribution in [0.4, 0.5) is 17.1 Å². The predicted molar refractivity (Wildman–Crippen MR) is 93.3 cm³/mol. The number of non-ortho nitro benzene ring substituents is 1. The average Bonchev–Trinajstić information content (AvgIpc) is 2.57. The molecule has 6 heteroatoms. The molecule has 0 saturated heterocycles. The highest BCUT2D eigenvalue weighted by Crippen LogP contribution is 2.30. The number of hydrogen-bond donors (Lipinski definition) is 1. The third kappa shape index (κ3) is 3.37. The molecule has 1 N–H and O–H groups in total. The highest BCUT2D eigenvalue weighted by Gasteiger charge is 2.24. The number of nitrogens with one attached hydrogen (secondary N) is 1. The first kappa shape index (κ1) is 16.0. The van der Waals surface area contributed by atoms with Gasteiger partial charge in [0.1, 0.15) is 0 Å². The fourth-order valence-corrected chi connectivity index (χ4v) is 3.05. The van der Waals surface area contributed by atoms with Crippen LogP contribution in [0.15, 0.2) is 48.5 Å². The van der Waals surface area contributed by atoms with Crippen LogP contribution in [0.2, 0.25) is 0 Å². The number of para-hydroxylation sites is 1. The van der Waals surface area contributed by atoms with Crippen LogP contribution in [-0.4, -0.2) is 23.4 Å². The lowest BCUT2D eigenvalue weighted by molar-refractivity contribution is -0.384. The minimum absolute atomic E-state index is 0.0375. The lowest BCUT2D eigenvalue weighted by Gasteiger charge is -2.36. The van der Waals surface area contributed by atoms with Gasteiger partial charge in [-0.15, -0.1) is 0 Å². The Bertz CT molecular complexity index is 776. The highest BCUT2D eigenvalue weighted by atomic mass is 16.6. The Balaban J connectivity index is 1.73. The molecule has 1 amide bonds. The standard InChI is InChI=1S/C18H19N3O3/c1-13-9-10-14-5-2-3-8-17(14)20(13)12-18(22)19-15-6-4-7-16(11-15)21(23)24/h2-8,11,13H,9-10,12H2,1H3,(H,19,22)/t13-/m0/s1. The molecule has 6 nitrogen and oxygen atoms in total. The molecule has 1 aliphatic heterocycles. The van der Waals surface area contributed by atoms with Crippen LogP contribution in [0.1, 0.15) is 18.9 Å². The Labute approximate surface area is 140 Å². The topological polar surface area (TPSA) is 75.5 Å². The van der Waals surface area contributed by atoms with Gasteiger partial charge in [-0.2, -0.15) is 0 Å². The molecule has 0 saturated carbocycles. The van der Waals surface area contributed by atoms with Crippen molar-refractivity contribution >= 4 is 23.0 Å². The molecule has 1 atom stereocenters. The van der Waals surface area contributed by atoms with Gasteiger partial charge in [0, 0.05) is 29.5 Å². The first-order chi connectivity index (χ1) is 11.5. The van der Waals surface area contributed by atoms with E-state index in [1.165, 1.54) is 17.7 Å². The molecule has 1 heterocycles. The monoisotopic (exact) mass is 325 g/mol. The van der Waals surface area contributed by atoms with Gasteiger partial charge in [0.05, 0.1) is 11.5 Å². The zero-order valence-electron chi connectivity index (χ0n) is 13.4. The molecule has 0 unspecified atom stereocenters. The van der Waals surface area contributed by atoms with Gasteiger partial charge >= 0.3 is 0 Å². The van der Waals surface area contributed by atoms with Crippen molar-refractivity contribution in [2.24, 2.45) is 0 Å². The maximum absolute atomic E-state index is 12.4. The third-order valence-electron chi connectivity index (χ3n) is 4.32. The fourth-order valence-electron chi connectivity index (χ4n) is 3.05. The number of fused-ring (bicyclic) bond motifs is 1. The van der Waals surface area contributed by atoms with E-state index in [-0.39, 0.29) is 24.2 Å². The molecule has 0 bridgehead atoms. The fraction of sp³-hybridized carbons (Fsp3) is 0.278. The molecular formula is C18H19N3O3. The molecule has 3 rings (SSSR count). The van der Waals surface area contributed by atoms with Crippen LogP contribution in [0.25, 0.3) is 0 Å². The smallest absolute Gasteiger partial charge is 0.271 e. The van der Waals surface area contributed by atoms with Crippen LogP contribution in [0, 0.1) is 10.1 Å². The van der Waals surface area contributed by atoms with E-state index in [0.29, 0.717) is 5.69 Å². The third-order valence-corrected chi connectivity index (χ3v) is 4.32. The molecular weight excluding hydrogens is 306 g/mol. The summed E-state index contributed by atoms with van der Waals surface area (Å²) in [5, 5.41) is 13.6. The van der Waals surface area contributed by atoms with Crippen LogP contribution in [-0.2, 0) is 11.2 Å². The summed E-state index contributed by atoms with van der Waals surface area (Å²) in [6.45, 7) is 2.33. The number of aryl methyl sites for hydroxylation is 1. The normalized spacial score (nSPS) is 16.4. The summed E-state index contributed by atoms with van der Waals surface area (Å²) in [6, 6.07) is 14.4. The first-order valence-electron chi connectivity index (χ1n) is 7.93. The summed E-state index contributed by atoms with van der Waals surface area (Å²) >= 11 is 0. The summed E-state index contributed by atoms with van der Waals surface area (Å²) in [5.74, 6) is -0.181. The molecule has 124 valence electrons. The van der Waals surface area contributed by atoms with Gasteiger partial charge in [0.15, 0.2) is 0 Å². The number of hydrogen-bond acceptors (Lipinski definition) is 4. The predicted octanol–water partition coefficient (Wildman–Crippen LogP) is 3.37. The van der Waals surface area contributed by atoms with Gasteiger partial charge in [-0.05, 0) is 37.5 Å². The Hall–Kier alpha value is -2.89. The van der Waals surface area contributed by atoms with E-state index in [1.54, 1.807) is 12.1 Å². The number of benzene rings is 2. The summed E-state index contributed by atoms with van der Waals surface area (Å²) in [6.07, 6.45) is 2.02. The number of rotatable bonds is 4. The zero-order chi connectivity index (χ0) is 17.1. The van der Waals surface area contributed by atoms with Gasteiger partial charge in [0.2, 0.25) is 5.91 Å². The number of nitrogens with zero attached hydrogens (tertiary/aromatic N) is 2. The van der Waals surface area contributed by atoms with Crippen LogP contribution in [0.5, 0.6) is 0 Å². The average molecular weight is 325 g/mol. The number of amides is 1. The summed E-state index contributed by atoms with van der Waals surface area (Å²) in [5.41, 5.74) is 2.74. The SMILES string of the molecule is C[C@H]1CCc2ccccc2N1CC(=O)Nc1cccc([N+](=O)[O-])c1. The molecule has 0 aromatic heterocycles. The molecule has 2 aromatic rings. The van der Waals surface area contributed by atoms with E-state index >= 15 is 0 Å².